The van der Waals surface area contributed by atoms with Crippen molar-refractivity contribution in [1.82, 2.24) is 9.78 Å². The fourth-order valence-electron chi connectivity index (χ4n) is 1.98. The zero-order valence-electron chi connectivity index (χ0n) is 12.3. The summed E-state index contributed by atoms with van der Waals surface area (Å²) < 4.78 is 6.64. The zero-order valence-corrected chi connectivity index (χ0v) is 13.0. The quantitative estimate of drug-likeness (QED) is 0.922. The van der Waals surface area contributed by atoms with Crippen LogP contribution < -0.4 is 15.6 Å². The van der Waals surface area contributed by atoms with Crippen LogP contribution >= 0.6 is 11.6 Å². The van der Waals surface area contributed by atoms with Gasteiger partial charge in [-0.3, -0.25) is 4.79 Å². The largest absolute Gasteiger partial charge is 0.496 e. The SMILES string of the molecule is COc1ccccc1CNc1cnn(C(C)C)c(=O)c1Cl. The molecule has 5 nitrogen and oxygen atoms in total. The molecule has 0 saturated heterocycles. The predicted molar refractivity (Wildman–Crippen MR) is 84.2 cm³/mol. The first kappa shape index (κ1) is 15.4. The molecule has 0 atom stereocenters. The monoisotopic (exact) mass is 307 g/mol. The summed E-state index contributed by atoms with van der Waals surface area (Å²) in [5.74, 6) is 0.782. The van der Waals surface area contributed by atoms with E-state index in [-0.39, 0.29) is 16.6 Å². The Morgan fingerprint density at radius 2 is 2.10 bits per heavy atom. The molecule has 6 heteroatoms. The first-order valence-corrected chi connectivity index (χ1v) is 7.05. The smallest absolute Gasteiger partial charge is 0.287 e. The first-order valence-electron chi connectivity index (χ1n) is 6.67. The van der Waals surface area contributed by atoms with Crippen LogP contribution in [0.3, 0.4) is 0 Å². The third kappa shape index (κ3) is 3.36. The van der Waals surface area contributed by atoms with E-state index >= 15 is 0 Å². The molecule has 0 amide bonds. The van der Waals surface area contributed by atoms with E-state index in [0.717, 1.165) is 11.3 Å². The van der Waals surface area contributed by atoms with Crippen molar-refractivity contribution < 1.29 is 4.74 Å². The molecule has 2 rings (SSSR count). The van der Waals surface area contributed by atoms with Gasteiger partial charge < -0.3 is 10.1 Å². The number of halogens is 1. The number of rotatable bonds is 5. The number of aromatic nitrogens is 2. The molecule has 1 aromatic heterocycles. The molecule has 112 valence electrons. The van der Waals surface area contributed by atoms with Crippen molar-refractivity contribution in [2.75, 3.05) is 12.4 Å². The lowest BCUT2D eigenvalue weighted by Crippen LogP contribution is -2.25. The summed E-state index contributed by atoms with van der Waals surface area (Å²) in [5.41, 5.74) is 1.20. The highest BCUT2D eigenvalue weighted by atomic mass is 35.5. The average molecular weight is 308 g/mol. The standard InChI is InChI=1S/C15H18ClN3O2/c1-10(2)19-15(20)14(16)12(9-18-19)17-8-11-6-4-5-7-13(11)21-3/h4-7,9-10,17H,8H2,1-3H3. The lowest BCUT2D eigenvalue weighted by Gasteiger charge is -2.13. The van der Waals surface area contributed by atoms with Gasteiger partial charge in [-0.05, 0) is 19.9 Å². The van der Waals surface area contributed by atoms with Gasteiger partial charge in [-0.15, -0.1) is 0 Å². The van der Waals surface area contributed by atoms with Crippen LogP contribution in [0.25, 0.3) is 0 Å². The van der Waals surface area contributed by atoms with Crippen LogP contribution in [0.15, 0.2) is 35.3 Å². The van der Waals surface area contributed by atoms with Gasteiger partial charge in [0.1, 0.15) is 10.8 Å². The maximum absolute atomic E-state index is 12.1. The van der Waals surface area contributed by atoms with Gasteiger partial charge in [0, 0.05) is 12.1 Å². The molecule has 0 aliphatic heterocycles. The van der Waals surface area contributed by atoms with Crippen LogP contribution in [-0.2, 0) is 6.54 Å². The first-order chi connectivity index (χ1) is 10.0. The Labute approximate surface area is 128 Å². The Hall–Kier alpha value is -2.01. The third-order valence-electron chi connectivity index (χ3n) is 3.09. The van der Waals surface area contributed by atoms with E-state index in [1.807, 2.05) is 38.1 Å². The Balaban J connectivity index is 2.21. The summed E-state index contributed by atoms with van der Waals surface area (Å²) in [6.07, 6.45) is 1.57. The van der Waals surface area contributed by atoms with Crippen molar-refractivity contribution in [2.24, 2.45) is 0 Å². The highest BCUT2D eigenvalue weighted by molar-refractivity contribution is 6.32. The Bertz CT molecular complexity index is 683. The molecule has 0 aliphatic rings. The summed E-state index contributed by atoms with van der Waals surface area (Å²) in [4.78, 5) is 12.1. The van der Waals surface area contributed by atoms with Crippen molar-refractivity contribution >= 4 is 17.3 Å². The van der Waals surface area contributed by atoms with Gasteiger partial charge in [-0.1, -0.05) is 29.8 Å². The van der Waals surface area contributed by atoms with Crippen LogP contribution in [0.2, 0.25) is 5.02 Å². The number of para-hydroxylation sites is 1. The van der Waals surface area contributed by atoms with Gasteiger partial charge in [-0.25, -0.2) is 4.68 Å². The minimum atomic E-state index is -0.295. The van der Waals surface area contributed by atoms with E-state index in [9.17, 15) is 4.79 Å². The Morgan fingerprint density at radius 1 is 1.38 bits per heavy atom. The molecule has 0 saturated carbocycles. The van der Waals surface area contributed by atoms with Crippen LogP contribution in [-0.4, -0.2) is 16.9 Å². The van der Waals surface area contributed by atoms with E-state index in [4.69, 9.17) is 16.3 Å². The highest BCUT2D eigenvalue weighted by Crippen LogP contribution is 2.21. The van der Waals surface area contributed by atoms with Crippen LogP contribution in [0.1, 0.15) is 25.5 Å². The summed E-state index contributed by atoms with van der Waals surface area (Å²) in [6.45, 7) is 4.26. The fourth-order valence-corrected chi connectivity index (χ4v) is 2.18. The molecular formula is C15H18ClN3O2. The molecule has 0 fully saturated rings. The highest BCUT2D eigenvalue weighted by Gasteiger charge is 2.11. The maximum atomic E-state index is 12.1. The van der Waals surface area contributed by atoms with Gasteiger partial charge in [0.25, 0.3) is 5.56 Å². The molecule has 2 aromatic rings. The van der Waals surface area contributed by atoms with E-state index in [1.54, 1.807) is 13.3 Å². The van der Waals surface area contributed by atoms with Gasteiger partial charge in [0.2, 0.25) is 0 Å². The number of methoxy groups -OCH3 is 1. The van der Waals surface area contributed by atoms with Crippen LogP contribution in [0.5, 0.6) is 5.75 Å². The lowest BCUT2D eigenvalue weighted by molar-refractivity contribution is 0.410. The van der Waals surface area contributed by atoms with E-state index in [2.05, 4.69) is 10.4 Å². The normalized spacial score (nSPS) is 10.7. The zero-order chi connectivity index (χ0) is 15.4. The topological polar surface area (TPSA) is 56.1 Å². The van der Waals surface area contributed by atoms with Gasteiger partial charge in [-0.2, -0.15) is 5.10 Å². The summed E-state index contributed by atoms with van der Waals surface area (Å²) in [5, 5.41) is 7.39. The number of nitrogens with one attached hydrogen (secondary N) is 1. The van der Waals surface area contributed by atoms with Crippen molar-refractivity contribution in [3.8, 4) is 5.75 Å². The Kier molecular flexibility index (Phi) is 4.85. The van der Waals surface area contributed by atoms with E-state index < -0.39 is 0 Å². The van der Waals surface area contributed by atoms with E-state index in [0.29, 0.717) is 12.2 Å². The van der Waals surface area contributed by atoms with E-state index in [1.165, 1.54) is 4.68 Å². The molecule has 0 bridgehead atoms. The molecule has 0 unspecified atom stereocenters. The summed E-state index contributed by atoms with van der Waals surface area (Å²) in [7, 11) is 1.62. The van der Waals surface area contributed by atoms with Gasteiger partial charge in [0.05, 0.1) is 25.0 Å². The fraction of sp³-hybridized carbons (Fsp3) is 0.333. The minimum Gasteiger partial charge on any atom is -0.496 e. The number of benzene rings is 1. The maximum Gasteiger partial charge on any atom is 0.287 e. The third-order valence-corrected chi connectivity index (χ3v) is 3.46. The molecule has 0 radical (unpaired) electrons. The lowest BCUT2D eigenvalue weighted by atomic mass is 10.2. The number of nitrogens with zero attached hydrogens (tertiary/aromatic N) is 2. The van der Waals surface area contributed by atoms with Gasteiger partial charge >= 0.3 is 0 Å². The molecule has 0 aliphatic carbocycles. The molecule has 21 heavy (non-hydrogen) atoms. The second-order valence-electron chi connectivity index (χ2n) is 4.88. The van der Waals surface area contributed by atoms with Crippen LogP contribution in [0.4, 0.5) is 5.69 Å². The summed E-state index contributed by atoms with van der Waals surface area (Å²) >= 11 is 6.12. The second-order valence-corrected chi connectivity index (χ2v) is 5.26. The predicted octanol–water partition coefficient (Wildman–Crippen LogP) is 3.10. The van der Waals surface area contributed by atoms with Crippen molar-refractivity contribution in [2.45, 2.75) is 26.4 Å². The Morgan fingerprint density at radius 3 is 2.76 bits per heavy atom. The van der Waals surface area contributed by atoms with Crippen molar-refractivity contribution in [1.29, 1.82) is 0 Å². The molecule has 1 heterocycles. The molecule has 1 N–H and O–H groups in total. The minimum absolute atomic E-state index is 0.0294. The van der Waals surface area contributed by atoms with Gasteiger partial charge in [0.15, 0.2) is 0 Å². The van der Waals surface area contributed by atoms with Crippen molar-refractivity contribution in [3.05, 3.63) is 51.4 Å². The number of hydrogen-bond acceptors (Lipinski definition) is 4. The average Bonchev–Trinajstić information content (AvgIpc) is 2.48. The van der Waals surface area contributed by atoms with Crippen LogP contribution in [0, 0.1) is 0 Å². The molecule has 1 aromatic carbocycles. The second kappa shape index (κ2) is 6.63. The molecular weight excluding hydrogens is 290 g/mol. The number of hydrogen-bond donors (Lipinski definition) is 1. The molecule has 0 spiro atoms. The number of anilines is 1. The summed E-state index contributed by atoms with van der Waals surface area (Å²) in [6, 6.07) is 7.63. The van der Waals surface area contributed by atoms with Crippen molar-refractivity contribution in [3.63, 3.8) is 0 Å². The number of ether oxygens (including phenoxy) is 1.